The van der Waals surface area contributed by atoms with Crippen molar-refractivity contribution < 1.29 is 0 Å². The molecule has 0 aliphatic rings. The molecule has 25 heavy (non-hydrogen) atoms. The lowest BCUT2D eigenvalue weighted by Crippen LogP contribution is -2.15. The van der Waals surface area contributed by atoms with Gasteiger partial charge in [0.2, 0.25) is 11.9 Å². The van der Waals surface area contributed by atoms with Crippen molar-refractivity contribution >= 4 is 23.7 Å². The molecular formula is C17H21N7S. The van der Waals surface area contributed by atoms with Gasteiger partial charge in [-0.1, -0.05) is 42.1 Å². The second-order valence-corrected chi connectivity index (χ2v) is 6.83. The molecule has 0 spiro atoms. The summed E-state index contributed by atoms with van der Waals surface area (Å²) in [4.78, 5) is 22.5. The molecule has 2 aromatic heterocycles. The topological polar surface area (TPSA) is 96.6 Å². The van der Waals surface area contributed by atoms with Crippen LogP contribution in [-0.2, 0) is 12.2 Å². The highest BCUT2D eigenvalue weighted by Crippen LogP contribution is 2.22. The zero-order chi connectivity index (χ0) is 17.8. The Hall–Kier alpha value is -2.61. The smallest absolute Gasteiger partial charge is 0.229 e. The van der Waals surface area contributed by atoms with Gasteiger partial charge in [0, 0.05) is 26.2 Å². The molecule has 3 rings (SSSR count). The summed E-state index contributed by atoms with van der Waals surface area (Å²) >= 11 is 1.55. The maximum absolute atomic E-state index is 5.76. The van der Waals surface area contributed by atoms with E-state index in [4.69, 9.17) is 10.7 Å². The van der Waals surface area contributed by atoms with Gasteiger partial charge in [-0.05, 0) is 12.5 Å². The van der Waals surface area contributed by atoms with Gasteiger partial charge in [-0.25, -0.2) is 4.98 Å². The molecule has 1 aromatic carbocycles. The second kappa shape index (κ2) is 7.52. The minimum absolute atomic E-state index is 0.231. The van der Waals surface area contributed by atoms with Crippen LogP contribution in [0.25, 0.3) is 0 Å². The van der Waals surface area contributed by atoms with E-state index in [2.05, 4.69) is 32.1 Å². The minimum Gasteiger partial charge on any atom is -0.368 e. The van der Waals surface area contributed by atoms with E-state index in [-0.39, 0.29) is 5.95 Å². The Morgan fingerprint density at radius 3 is 2.56 bits per heavy atom. The van der Waals surface area contributed by atoms with Gasteiger partial charge in [-0.3, -0.25) is 0 Å². The number of nitrogens with two attached hydrogens (primary N) is 1. The summed E-state index contributed by atoms with van der Waals surface area (Å²) in [6.45, 7) is 2.04. The summed E-state index contributed by atoms with van der Waals surface area (Å²) in [6.07, 6.45) is 0.813. The van der Waals surface area contributed by atoms with Gasteiger partial charge >= 0.3 is 0 Å². The van der Waals surface area contributed by atoms with Crippen LogP contribution in [0, 0.1) is 6.92 Å². The van der Waals surface area contributed by atoms with E-state index >= 15 is 0 Å². The molecule has 0 fully saturated rings. The van der Waals surface area contributed by atoms with E-state index in [1.165, 1.54) is 5.56 Å². The molecule has 0 unspecified atom stereocenters. The molecule has 7 nitrogen and oxygen atoms in total. The number of rotatable bonds is 6. The average molecular weight is 355 g/mol. The van der Waals surface area contributed by atoms with Crippen LogP contribution in [0.3, 0.4) is 0 Å². The van der Waals surface area contributed by atoms with Crippen molar-refractivity contribution in [1.82, 2.24) is 24.9 Å². The number of nitrogens with zero attached hydrogens (tertiary/aromatic N) is 5. The third-order valence-electron chi connectivity index (χ3n) is 3.60. The molecule has 0 aliphatic carbocycles. The molecule has 3 N–H and O–H groups in total. The molecule has 130 valence electrons. The number of benzene rings is 1. The number of aromatic nitrogens is 5. The Bertz CT molecular complexity index is 845. The fourth-order valence-corrected chi connectivity index (χ4v) is 3.11. The summed E-state index contributed by atoms with van der Waals surface area (Å²) in [6, 6.07) is 10.3. The third-order valence-corrected chi connectivity index (χ3v) is 4.47. The van der Waals surface area contributed by atoms with E-state index in [9.17, 15) is 0 Å². The Balaban J connectivity index is 1.69. The van der Waals surface area contributed by atoms with Crippen LogP contribution in [-0.4, -0.2) is 39.0 Å². The largest absolute Gasteiger partial charge is 0.368 e. The maximum atomic E-state index is 5.76. The van der Waals surface area contributed by atoms with E-state index in [0.29, 0.717) is 17.5 Å². The summed E-state index contributed by atoms with van der Waals surface area (Å²) in [5.41, 5.74) is 9.14. The van der Waals surface area contributed by atoms with Gasteiger partial charge in [0.1, 0.15) is 5.82 Å². The van der Waals surface area contributed by atoms with Crippen molar-refractivity contribution in [2.24, 2.45) is 0 Å². The molecule has 0 saturated heterocycles. The third kappa shape index (κ3) is 4.48. The van der Waals surface area contributed by atoms with Crippen LogP contribution in [0.2, 0.25) is 0 Å². The Morgan fingerprint density at radius 2 is 1.84 bits per heavy atom. The highest BCUT2D eigenvalue weighted by Gasteiger charge is 2.11. The summed E-state index contributed by atoms with van der Waals surface area (Å²) < 4.78 is 0. The Morgan fingerprint density at radius 1 is 1.08 bits per heavy atom. The summed E-state index contributed by atoms with van der Waals surface area (Å²) in [5.74, 6) is 2.00. The van der Waals surface area contributed by atoms with Crippen LogP contribution >= 0.6 is 11.8 Å². The van der Waals surface area contributed by atoms with Crippen LogP contribution in [0.4, 0.5) is 11.9 Å². The molecule has 3 aromatic rings. The lowest BCUT2D eigenvalue weighted by Gasteiger charge is -2.10. The quantitative estimate of drug-likeness (QED) is 0.655. The predicted octanol–water partition coefficient (Wildman–Crippen LogP) is 2.43. The van der Waals surface area contributed by atoms with E-state index in [0.717, 1.165) is 23.0 Å². The molecule has 2 heterocycles. The fraction of sp³-hybridized carbons (Fsp3) is 0.294. The molecule has 0 bridgehead atoms. The lowest BCUT2D eigenvalue weighted by molar-refractivity contribution is 0.916. The number of aromatic amines is 1. The number of H-pyrrole nitrogens is 1. The summed E-state index contributed by atoms with van der Waals surface area (Å²) in [7, 11) is 3.74. The number of thioether (sulfide) groups is 1. The highest BCUT2D eigenvalue weighted by atomic mass is 32.2. The van der Waals surface area contributed by atoms with Gasteiger partial charge in [-0.2, -0.15) is 15.0 Å². The zero-order valence-corrected chi connectivity index (χ0v) is 15.3. The van der Waals surface area contributed by atoms with Crippen molar-refractivity contribution in [3.8, 4) is 0 Å². The minimum atomic E-state index is 0.231. The Labute approximate surface area is 151 Å². The number of aryl methyl sites for hydroxylation is 1. The molecule has 0 amide bonds. The van der Waals surface area contributed by atoms with Gasteiger partial charge in [0.05, 0.1) is 11.4 Å². The van der Waals surface area contributed by atoms with Crippen LogP contribution in [0.1, 0.15) is 22.8 Å². The van der Waals surface area contributed by atoms with Gasteiger partial charge in [-0.15, -0.1) is 0 Å². The molecule has 0 saturated carbocycles. The van der Waals surface area contributed by atoms with E-state index in [1.54, 1.807) is 16.7 Å². The number of hydrogen-bond donors (Lipinski definition) is 2. The normalized spacial score (nSPS) is 10.8. The standard InChI is InChI=1S/C17H21N7S/c1-11-13(9-12-7-5-4-6-8-12)20-17(19-11)25-10-14-21-15(18)23-16(22-14)24(2)3/h4-8H,9-10H2,1-3H3,(H,19,20)(H2,18,21,22,23). The SMILES string of the molecule is Cc1[nH]c(SCc2nc(N)nc(N(C)C)n2)nc1Cc1ccccc1. The number of nitrogens with one attached hydrogen (secondary N) is 1. The van der Waals surface area contributed by atoms with Crippen molar-refractivity contribution in [2.75, 3.05) is 24.7 Å². The zero-order valence-electron chi connectivity index (χ0n) is 14.5. The van der Waals surface area contributed by atoms with Crippen LogP contribution in [0.15, 0.2) is 35.5 Å². The number of hydrogen-bond acceptors (Lipinski definition) is 7. The van der Waals surface area contributed by atoms with Gasteiger partial charge < -0.3 is 15.6 Å². The first kappa shape index (κ1) is 17.2. The molecule has 8 heteroatoms. The average Bonchev–Trinajstić information content (AvgIpc) is 2.93. The van der Waals surface area contributed by atoms with Gasteiger partial charge in [0.25, 0.3) is 0 Å². The highest BCUT2D eigenvalue weighted by molar-refractivity contribution is 7.98. The molecular weight excluding hydrogens is 334 g/mol. The van der Waals surface area contributed by atoms with E-state index in [1.807, 2.05) is 39.2 Å². The first-order chi connectivity index (χ1) is 12.0. The van der Waals surface area contributed by atoms with E-state index < -0.39 is 0 Å². The predicted molar refractivity (Wildman–Crippen MR) is 101 cm³/mol. The number of anilines is 2. The van der Waals surface area contributed by atoms with Crippen molar-refractivity contribution in [1.29, 1.82) is 0 Å². The summed E-state index contributed by atoms with van der Waals surface area (Å²) in [5, 5.41) is 0.855. The van der Waals surface area contributed by atoms with Crippen LogP contribution < -0.4 is 10.6 Å². The first-order valence-electron chi connectivity index (χ1n) is 7.91. The van der Waals surface area contributed by atoms with Crippen molar-refractivity contribution in [3.63, 3.8) is 0 Å². The second-order valence-electron chi connectivity index (χ2n) is 5.87. The first-order valence-corrected chi connectivity index (χ1v) is 8.90. The van der Waals surface area contributed by atoms with Crippen molar-refractivity contribution in [2.45, 2.75) is 24.3 Å². The number of imidazole rings is 1. The fourth-order valence-electron chi connectivity index (χ4n) is 2.32. The number of nitrogen functional groups attached to an aromatic ring is 1. The van der Waals surface area contributed by atoms with Gasteiger partial charge in [0.15, 0.2) is 5.16 Å². The molecule has 0 aliphatic heterocycles. The van der Waals surface area contributed by atoms with Crippen LogP contribution in [0.5, 0.6) is 0 Å². The molecule has 0 atom stereocenters. The maximum Gasteiger partial charge on any atom is 0.229 e. The lowest BCUT2D eigenvalue weighted by atomic mass is 10.1. The monoisotopic (exact) mass is 355 g/mol. The van der Waals surface area contributed by atoms with Crippen molar-refractivity contribution in [3.05, 3.63) is 53.1 Å². The Kier molecular flexibility index (Phi) is 5.18. The molecule has 0 radical (unpaired) electrons.